The fourth-order valence-corrected chi connectivity index (χ4v) is 1.23. The van der Waals surface area contributed by atoms with Gasteiger partial charge in [0.05, 0.1) is 0 Å². The minimum absolute atomic E-state index is 0.113. The van der Waals surface area contributed by atoms with E-state index in [4.69, 9.17) is 5.11 Å². The average Bonchev–Trinajstić information content (AvgIpc) is 2.08. The van der Waals surface area contributed by atoms with Crippen LogP contribution >= 0.6 is 0 Å². The van der Waals surface area contributed by atoms with Crippen LogP contribution in [-0.4, -0.2) is 17.0 Å². The van der Waals surface area contributed by atoms with Gasteiger partial charge in [0, 0.05) is 6.42 Å². The Morgan fingerprint density at radius 2 is 2.20 bits per heavy atom. The molecule has 0 bridgehead atoms. The fourth-order valence-electron chi connectivity index (χ4n) is 1.23. The molecule has 0 spiro atoms. The first kappa shape index (κ1) is 7.44. The quantitative estimate of drug-likeness (QED) is 0.615. The summed E-state index contributed by atoms with van der Waals surface area (Å²) in [6, 6.07) is 0. The molecule has 1 aliphatic carbocycles. The fraction of sp³-hybridized carbons (Fsp3) is 0.833. The molecule has 0 aromatic carbocycles. The molecule has 0 aromatic heterocycles. The van der Waals surface area contributed by atoms with Crippen molar-refractivity contribution in [3.8, 4) is 0 Å². The Labute approximate surface area is 56.8 Å². The van der Waals surface area contributed by atoms with Gasteiger partial charge in [-0.3, -0.25) is 4.79 Å². The maximum atomic E-state index is 12.5. The lowest BCUT2D eigenvalue weighted by Crippen LogP contribution is -2.28. The monoisotopic (exact) mass is 150 g/mol. The van der Waals surface area contributed by atoms with Crippen LogP contribution in [0.2, 0.25) is 0 Å². The molecule has 1 fully saturated rings. The summed E-state index contributed by atoms with van der Waals surface area (Å²) in [6.07, 6.45) is 0.163. The van der Waals surface area contributed by atoms with Crippen molar-refractivity contribution in [2.45, 2.75) is 25.2 Å². The van der Waals surface area contributed by atoms with Gasteiger partial charge in [0.25, 0.3) is 5.92 Å². The zero-order valence-corrected chi connectivity index (χ0v) is 5.31. The molecule has 0 amide bonds. The van der Waals surface area contributed by atoms with Gasteiger partial charge in [0.15, 0.2) is 0 Å². The van der Waals surface area contributed by atoms with Crippen molar-refractivity contribution in [3.63, 3.8) is 0 Å². The molecule has 1 atom stereocenters. The zero-order valence-electron chi connectivity index (χ0n) is 5.31. The predicted molar refractivity (Wildman–Crippen MR) is 29.9 cm³/mol. The molecule has 2 nitrogen and oxygen atoms in total. The van der Waals surface area contributed by atoms with E-state index in [9.17, 15) is 13.6 Å². The standard InChI is InChI=1S/C6H8F2O2/c7-6(8)3-1-2-4(6)5(9)10/h4H,1-3H2,(H,9,10)/t4-/m1/s1. The van der Waals surface area contributed by atoms with Gasteiger partial charge in [-0.05, 0) is 12.8 Å². The normalized spacial score (nSPS) is 30.4. The van der Waals surface area contributed by atoms with Crippen LogP contribution in [0, 0.1) is 5.92 Å². The first-order chi connectivity index (χ1) is 4.54. The van der Waals surface area contributed by atoms with Crippen molar-refractivity contribution in [1.29, 1.82) is 0 Å². The number of carbonyl (C=O) groups is 1. The molecular formula is C6H8F2O2. The van der Waals surface area contributed by atoms with Crippen LogP contribution in [0.4, 0.5) is 8.78 Å². The van der Waals surface area contributed by atoms with Crippen molar-refractivity contribution < 1.29 is 18.7 Å². The number of rotatable bonds is 1. The van der Waals surface area contributed by atoms with Crippen molar-refractivity contribution in [2.24, 2.45) is 5.92 Å². The van der Waals surface area contributed by atoms with E-state index >= 15 is 0 Å². The van der Waals surface area contributed by atoms with Crippen LogP contribution in [0.25, 0.3) is 0 Å². The van der Waals surface area contributed by atoms with E-state index in [1.807, 2.05) is 0 Å². The molecule has 10 heavy (non-hydrogen) atoms. The van der Waals surface area contributed by atoms with Crippen LogP contribution in [-0.2, 0) is 4.79 Å². The summed E-state index contributed by atoms with van der Waals surface area (Å²) >= 11 is 0. The largest absolute Gasteiger partial charge is 0.481 e. The Morgan fingerprint density at radius 3 is 2.40 bits per heavy atom. The van der Waals surface area contributed by atoms with Gasteiger partial charge >= 0.3 is 5.97 Å². The van der Waals surface area contributed by atoms with Crippen molar-refractivity contribution in [1.82, 2.24) is 0 Å². The van der Waals surface area contributed by atoms with Crippen LogP contribution in [0.1, 0.15) is 19.3 Å². The second kappa shape index (κ2) is 2.18. The highest BCUT2D eigenvalue weighted by Gasteiger charge is 2.48. The van der Waals surface area contributed by atoms with Gasteiger partial charge in [0.1, 0.15) is 5.92 Å². The highest BCUT2D eigenvalue weighted by atomic mass is 19.3. The first-order valence-electron chi connectivity index (χ1n) is 3.14. The third-order valence-electron chi connectivity index (χ3n) is 1.81. The predicted octanol–water partition coefficient (Wildman–Crippen LogP) is 1.51. The summed E-state index contributed by atoms with van der Waals surface area (Å²) in [7, 11) is 0. The van der Waals surface area contributed by atoms with Crippen LogP contribution < -0.4 is 0 Å². The Balaban J connectivity index is 2.68. The number of halogens is 2. The molecule has 0 saturated heterocycles. The van der Waals surface area contributed by atoms with Crippen molar-refractivity contribution >= 4 is 5.97 Å². The van der Waals surface area contributed by atoms with E-state index in [2.05, 4.69) is 0 Å². The molecule has 58 valence electrons. The lowest BCUT2D eigenvalue weighted by molar-refractivity contribution is -0.153. The number of aliphatic carboxylic acids is 1. The molecule has 0 aromatic rings. The number of carboxylic acid groups (broad SMARTS) is 1. The van der Waals surface area contributed by atoms with E-state index in [-0.39, 0.29) is 12.8 Å². The SMILES string of the molecule is O=C(O)[C@H]1CCCC1(F)F. The molecule has 0 aliphatic heterocycles. The molecule has 1 N–H and O–H groups in total. The van der Waals surface area contributed by atoms with Crippen LogP contribution in [0.3, 0.4) is 0 Å². The minimum Gasteiger partial charge on any atom is -0.481 e. The van der Waals surface area contributed by atoms with E-state index in [1.165, 1.54) is 0 Å². The molecular weight excluding hydrogens is 142 g/mol. The zero-order chi connectivity index (χ0) is 7.78. The summed E-state index contributed by atoms with van der Waals surface area (Å²) in [4.78, 5) is 10.1. The Morgan fingerprint density at radius 1 is 1.60 bits per heavy atom. The van der Waals surface area contributed by atoms with E-state index in [1.54, 1.807) is 0 Å². The summed E-state index contributed by atoms with van der Waals surface area (Å²) < 4.78 is 25.0. The smallest absolute Gasteiger partial charge is 0.312 e. The molecule has 1 saturated carbocycles. The maximum absolute atomic E-state index is 12.5. The molecule has 0 unspecified atom stereocenters. The Bertz CT molecular complexity index is 156. The van der Waals surface area contributed by atoms with Gasteiger partial charge in [0.2, 0.25) is 0 Å². The van der Waals surface area contributed by atoms with E-state index in [0.29, 0.717) is 6.42 Å². The van der Waals surface area contributed by atoms with Gasteiger partial charge < -0.3 is 5.11 Å². The van der Waals surface area contributed by atoms with Gasteiger partial charge in [-0.2, -0.15) is 0 Å². The number of alkyl halides is 2. The first-order valence-corrected chi connectivity index (χ1v) is 3.14. The topological polar surface area (TPSA) is 37.3 Å². The third-order valence-corrected chi connectivity index (χ3v) is 1.81. The summed E-state index contributed by atoms with van der Waals surface area (Å²) in [6.45, 7) is 0. The molecule has 0 heterocycles. The molecule has 0 radical (unpaired) electrons. The number of carboxylic acids is 1. The Kier molecular flexibility index (Phi) is 1.62. The van der Waals surface area contributed by atoms with Gasteiger partial charge in [-0.25, -0.2) is 8.78 Å². The molecule has 4 heteroatoms. The third kappa shape index (κ3) is 1.10. The Hall–Kier alpha value is -0.670. The van der Waals surface area contributed by atoms with Crippen molar-refractivity contribution in [3.05, 3.63) is 0 Å². The lowest BCUT2D eigenvalue weighted by Gasteiger charge is -2.13. The van der Waals surface area contributed by atoms with E-state index in [0.717, 1.165) is 0 Å². The van der Waals surface area contributed by atoms with Crippen molar-refractivity contribution in [2.75, 3.05) is 0 Å². The molecule has 1 aliphatic rings. The second-order valence-corrected chi connectivity index (χ2v) is 2.54. The highest BCUT2D eigenvalue weighted by molar-refractivity contribution is 5.71. The average molecular weight is 150 g/mol. The summed E-state index contributed by atoms with van der Waals surface area (Å²) in [5.74, 6) is -5.78. The maximum Gasteiger partial charge on any atom is 0.312 e. The van der Waals surface area contributed by atoms with Gasteiger partial charge in [-0.15, -0.1) is 0 Å². The number of hydrogen-bond donors (Lipinski definition) is 1. The van der Waals surface area contributed by atoms with E-state index < -0.39 is 17.8 Å². The molecule has 1 rings (SSSR count). The lowest BCUT2D eigenvalue weighted by atomic mass is 10.1. The summed E-state index contributed by atoms with van der Waals surface area (Å²) in [5, 5.41) is 8.27. The second-order valence-electron chi connectivity index (χ2n) is 2.54. The summed E-state index contributed by atoms with van der Waals surface area (Å²) in [5.41, 5.74) is 0. The van der Waals surface area contributed by atoms with Crippen LogP contribution in [0.5, 0.6) is 0 Å². The van der Waals surface area contributed by atoms with Gasteiger partial charge in [-0.1, -0.05) is 0 Å². The van der Waals surface area contributed by atoms with Crippen LogP contribution in [0.15, 0.2) is 0 Å². The highest BCUT2D eigenvalue weighted by Crippen LogP contribution is 2.40. The number of hydrogen-bond acceptors (Lipinski definition) is 1. The minimum atomic E-state index is -2.97.